The molecule has 1 aliphatic rings. The van der Waals surface area contributed by atoms with Crippen LogP contribution in [-0.2, 0) is 10.0 Å². The van der Waals surface area contributed by atoms with E-state index in [9.17, 15) is 8.42 Å². The van der Waals surface area contributed by atoms with Gasteiger partial charge in [0.25, 0.3) is 0 Å². The van der Waals surface area contributed by atoms with E-state index in [-0.39, 0.29) is 32.8 Å². The molecule has 0 aliphatic heterocycles. The Hall–Kier alpha value is -0.620. The van der Waals surface area contributed by atoms with Gasteiger partial charge in [-0.3, -0.25) is 0 Å². The molecule has 1 aliphatic carbocycles. The van der Waals surface area contributed by atoms with Gasteiger partial charge in [-0.2, -0.15) is 0 Å². The van der Waals surface area contributed by atoms with E-state index in [4.69, 9.17) is 17.3 Å². The Morgan fingerprint density at radius 3 is 2.15 bits per heavy atom. The molecule has 1 aromatic rings. The molecule has 0 amide bonds. The third-order valence-electron chi connectivity index (χ3n) is 4.49. The predicted octanol–water partition coefficient (Wildman–Crippen LogP) is 2.38. The van der Waals surface area contributed by atoms with Crippen LogP contribution in [0.2, 0.25) is 5.02 Å². The second-order valence-electron chi connectivity index (χ2n) is 6.61. The number of nitrogens with one attached hydrogen (secondary N) is 1. The van der Waals surface area contributed by atoms with Crippen molar-refractivity contribution in [3.63, 3.8) is 0 Å². The van der Waals surface area contributed by atoms with Gasteiger partial charge >= 0.3 is 0 Å². The number of hydrogen-bond donors (Lipinski definition) is 2. The summed E-state index contributed by atoms with van der Waals surface area (Å²) in [5.74, 6) is 0. The van der Waals surface area contributed by atoms with Crippen molar-refractivity contribution in [1.82, 2.24) is 4.72 Å². The Kier molecular flexibility index (Phi) is 3.70. The maximum absolute atomic E-state index is 12.5. The van der Waals surface area contributed by atoms with Crippen LogP contribution in [0.5, 0.6) is 0 Å². The first-order valence-corrected chi connectivity index (χ1v) is 8.40. The smallest absolute Gasteiger partial charge is 0.242 e. The van der Waals surface area contributed by atoms with Crippen LogP contribution in [0.15, 0.2) is 29.2 Å². The summed E-state index contributed by atoms with van der Waals surface area (Å²) in [7, 11) is -3.65. The number of nitrogens with two attached hydrogens (primary N) is 1. The molecule has 0 bridgehead atoms. The maximum Gasteiger partial charge on any atom is 0.242 e. The Bertz CT molecular complexity index is 610. The third kappa shape index (κ3) is 2.26. The summed E-state index contributed by atoms with van der Waals surface area (Å²) >= 11 is 5.98. The maximum atomic E-state index is 12.5. The lowest BCUT2D eigenvalue weighted by atomic mass is 9.49. The van der Waals surface area contributed by atoms with Gasteiger partial charge in [0.15, 0.2) is 0 Å². The zero-order valence-electron chi connectivity index (χ0n) is 12.1. The molecule has 112 valence electrons. The number of halogens is 1. The van der Waals surface area contributed by atoms with Gasteiger partial charge in [0.05, 0.1) is 5.02 Å². The van der Waals surface area contributed by atoms with Gasteiger partial charge in [-0.1, -0.05) is 51.4 Å². The zero-order chi connectivity index (χ0) is 15.3. The number of hydrogen-bond acceptors (Lipinski definition) is 3. The van der Waals surface area contributed by atoms with Gasteiger partial charge in [-0.05, 0) is 23.0 Å². The van der Waals surface area contributed by atoms with Crippen LogP contribution in [0.4, 0.5) is 0 Å². The molecule has 0 saturated heterocycles. The topological polar surface area (TPSA) is 72.2 Å². The van der Waals surface area contributed by atoms with E-state index in [2.05, 4.69) is 4.72 Å². The normalized spacial score (nSPS) is 27.9. The fourth-order valence-electron chi connectivity index (χ4n) is 3.37. The van der Waals surface area contributed by atoms with Crippen molar-refractivity contribution in [3.05, 3.63) is 29.3 Å². The molecule has 0 unspecified atom stereocenters. The van der Waals surface area contributed by atoms with Crippen LogP contribution in [0.3, 0.4) is 0 Å². The van der Waals surface area contributed by atoms with E-state index in [1.807, 2.05) is 27.7 Å². The molecule has 0 atom stereocenters. The summed E-state index contributed by atoms with van der Waals surface area (Å²) in [6.45, 7) is 7.90. The van der Waals surface area contributed by atoms with Gasteiger partial charge in [0.1, 0.15) is 4.90 Å². The van der Waals surface area contributed by atoms with Gasteiger partial charge in [-0.25, -0.2) is 13.1 Å². The molecule has 20 heavy (non-hydrogen) atoms. The summed E-state index contributed by atoms with van der Waals surface area (Å²) in [5, 5.41) is 0.222. The Balaban J connectivity index is 2.33. The Labute approximate surface area is 125 Å². The first-order chi connectivity index (χ1) is 9.01. The van der Waals surface area contributed by atoms with Crippen LogP contribution >= 0.6 is 11.6 Å². The van der Waals surface area contributed by atoms with Crippen molar-refractivity contribution >= 4 is 21.6 Å². The van der Waals surface area contributed by atoms with Gasteiger partial charge in [-0.15, -0.1) is 0 Å². The molecule has 0 radical (unpaired) electrons. The second-order valence-corrected chi connectivity index (χ2v) is 8.69. The average Bonchev–Trinajstić information content (AvgIpc) is 2.35. The van der Waals surface area contributed by atoms with Crippen LogP contribution in [0.25, 0.3) is 0 Å². The van der Waals surface area contributed by atoms with Crippen molar-refractivity contribution in [3.8, 4) is 0 Å². The lowest BCUT2D eigenvalue weighted by molar-refractivity contribution is -0.0593. The van der Waals surface area contributed by atoms with Gasteiger partial charge in [0, 0.05) is 12.1 Å². The lowest BCUT2D eigenvalue weighted by Crippen LogP contribution is -2.75. The zero-order valence-corrected chi connectivity index (χ0v) is 13.7. The highest BCUT2D eigenvalue weighted by molar-refractivity contribution is 7.89. The molecule has 2 rings (SSSR count). The monoisotopic (exact) mass is 316 g/mol. The SMILES string of the molecule is CC1(C)C(N)C(C)(C)C1NS(=O)(=O)c1ccccc1Cl. The minimum absolute atomic E-state index is 0.0612. The number of benzene rings is 1. The van der Waals surface area contributed by atoms with Crippen molar-refractivity contribution in [1.29, 1.82) is 0 Å². The summed E-state index contributed by atoms with van der Waals surface area (Å²) in [6, 6.07) is 6.14. The summed E-state index contributed by atoms with van der Waals surface area (Å²) < 4.78 is 27.8. The second kappa shape index (κ2) is 4.70. The van der Waals surface area contributed by atoms with Crippen LogP contribution in [0, 0.1) is 10.8 Å². The van der Waals surface area contributed by atoms with Crippen LogP contribution < -0.4 is 10.5 Å². The molecule has 0 aromatic heterocycles. The van der Waals surface area contributed by atoms with E-state index < -0.39 is 10.0 Å². The molecule has 0 spiro atoms. The predicted molar refractivity (Wildman–Crippen MR) is 81.1 cm³/mol. The molecule has 4 nitrogen and oxygen atoms in total. The fourth-order valence-corrected chi connectivity index (χ4v) is 5.43. The number of rotatable bonds is 3. The lowest BCUT2D eigenvalue weighted by Gasteiger charge is -2.62. The third-order valence-corrected chi connectivity index (χ3v) is 6.41. The highest BCUT2D eigenvalue weighted by atomic mass is 35.5. The fraction of sp³-hybridized carbons (Fsp3) is 0.571. The van der Waals surface area contributed by atoms with Gasteiger partial charge < -0.3 is 5.73 Å². The van der Waals surface area contributed by atoms with E-state index in [0.29, 0.717) is 0 Å². The molecule has 1 saturated carbocycles. The molecule has 1 fully saturated rings. The van der Waals surface area contributed by atoms with E-state index >= 15 is 0 Å². The molecule has 0 heterocycles. The minimum atomic E-state index is -3.65. The molecular weight excluding hydrogens is 296 g/mol. The molecule has 3 N–H and O–H groups in total. The molecule has 1 aromatic carbocycles. The van der Waals surface area contributed by atoms with Crippen LogP contribution in [-0.4, -0.2) is 20.5 Å². The minimum Gasteiger partial charge on any atom is -0.327 e. The summed E-state index contributed by atoms with van der Waals surface area (Å²) in [6.07, 6.45) is 0. The van der Waals surface area contributed by atoms with Crippen molar-refractivity contribution in [2.24, 2.45) is 16.6 Å². The van der Waals surface area contributed by atoms with E-state index in [1.165, 1.54) is 6.07 Å². The molecular formula is C14H21ClN2O2S. The first-order valence-electron chi connectivity index (χ1n) is 6.53. The Morgan fingerprint density at radius 2 is 1.65 bits per heavy atom. The van der Waals surface area contributed by atoms with Crippen molar-refractivity contribution in [2.75, 3.05) is 0 Å². The average molecular weight is 317 g/mol. The summed E-state index contributed by atoms with van der Waals surface area (Å²) in [5.41, 5.74) is 5.56. The van der Waals surface area contributed by atoms with Gasteiger partial charge in [0.2, 0.25) is 10.0 Å². The van der Waals surface area contributed by atoms with Crippen molar-refractivity contribution in [2.45, 2.75) is 44.7 Å². The van der Waals surface area contributed by atoms with E-state index in [0.717, 1.165) is 0 Å². The first kappa shape index (κ1) is 15.8. The molecule has 6 heteroatoms. The standard InChI is InChI=1S/C14H21ClN2O2S/c1-13(2)11(16)14(3,4)12(13)17-20(18,19)10-8-6-5-7-9(10)15/h5-8,11-12,17H,16H2,1-4H3. The van der Waals surface area contributed by atoms with E-state index in [1.54, 1.807) is 18.2 Å². The highest BCUT2D eigenvalue weighted by Gasteiger charge is 2.61. The largest absolute Gasteiger partial charge is 0.327 e. The highest BCUT2D eigenvalue weighted by Crippen LogP contribution is 2.53. The van der Waals surface area contributed by atoms with Crippen molar-refractivity contribution < 1.29 is 8.42 Å². The quantitative estimate of drug-likeness (QED) is 0.899. The summed E-state index contributed by atoms with van der Waals surface area (Å²) in [4.78, 5) is 0.105. The Morgan fingerprint density at radius 1 is 1.15 bits per heavy atom. The van der Waals surface area contributed by atoms with Crippen LogP contribution in [0.1, 0.15) is 27.7 Å². The number of sulfonamides is 1.